The number of hydrogen-bond donors (Lipinski definition) is 1. The van der Waals surface area contributed by atoms with Crippen LogP contribution in [-0.4, -0.2) is 33.6 Å². The van der Waals surface area contributed by atoms with Gasteiger partial charge in [0.25, 0.3) is 10.0 Å². The lowest BCUT2D eigenvalue weighted by atomic mass is 10.1. The summed E-state index contributed by atoms with van der Waals surface area (Å²) in [6.45, 7) is 4.70. The topological polar surface area (TPSA) is 75.7 Å². The maximum Gasteiger partial charge on any atom is 0.271 e. The second-order valence-electron chi connectivity index (χ2n) is 6.25. The van der Waals surface area contributed by atoms with Crippen molar-refractivity contribution in [2.45, 2.75) is 36.9 Å². The van der Waals surface area contributed by atoms with Gasteiger partial charge in [-0.2, -0.15) is 0 Å². The molecule has 1 amide bonds. The number of amides is 1. The second-order valence-corrected chi connectivity index (χ2v) is 9.45. The highest BCUT2D eigenvalue weighted by Gasteiger charge is 2.25. The van der Waals surface area contributed by atoms with E-state index in [1.165, 1.54) is 11.3 Å². The first kappa shape index (κ1) is 18.9. The third-order valence-corrected chi connectivity index (χ3v) is 7.15. The molecule has 0 unspecified atom stereocenters. The third-order valence-electron chi connectivity index (χ3n) is 4.27. The summed E-state index contributed by atoms with van der Waals surface area (Å²) in [7, 11) is -3.59. The standard InChI is InChI=1S/C18H22N2O4S2/c1-13-3-8-18(25-13)26(22,23)19-15-4-6-16(7-5-15)20(14(2)21)17-9-11-24-12-10-17/h3-8,17,19H,9-12H2,1-2H3. The van der Waals surface area contributed by atoms with E-state index in [1.54, 1.807) is 48.2 Å². The van der Waals surface area contributed by atoms with Gasteiger partial charge in [0.1, 0.15) is 4.21 Å². The lowest BCUT2D eigenvalue weighted by Crippen LogP contribution is -2.42. The van der Waals surface area contributed by atoms with Crippen molar-refractivity contribution >= 4 is 38.6 Å². The van der Waals surface area contributed by atoms with Gasteiger partial charge in [0.05, 0.1) is 0 Å². The summed E-state index contributed by atoms with van der Waals surface area (Å²) in [5, 5.41) is 0. The molecule has 6 nitrogen and oxygen atoms in total. The first-order chi connectivity index (χ1) is 12.4. The van der Waals surface area contributed by atoms with Crippen molar-refractivity contribution in [1.29, 1.82) is 0 Å². The molecule has 1 aromatic heterocycles. The van der Waals surface area contributed by atoms with Crippen LogP contribution < -0.4 is 9.62 Å². The summed E-state index contributed by atoms with van der Waals surface area (Å²) in [4.78, 5) is 14.8. The van der Waals surface area contributed by atoms with Crippen LogP contribution in [0.1, 0.15) is 24.6 Å². The number of nitrogens with one attached hydrogen (secondary N) is 1. The monoisotopic (exact) mass is 394 g/mol. The van der Waals surface area contributed by atoms with Gasteiger partial charge in [-0.25, -0.2) is 8.42 Å². The Labute approximate surface area is 157 Å². The molecule has 8 heteroatoms. The number of thiophene rings is 1. The Hall–Kier alpha value is -1.90. The van der Waals surface area contributed by atoms with Gasteiger partial charge < -0.3 is 9.64 Å². The molecule has 0 aliphatic carbocycles. The highest BCUT2D eigenvalue weighted by atomic mass is 32.2. The second kappa shape index (κ2) is 7.77. The van der Waals surface area contributed by atoms with Crippen LogP contribution in [0.4, 0.5) is 11.4 Å². The van der Waals surface area contributed by atoms with Crippen molar-refractivity contribution in [2.75, 3.05) is 22.8 Å². The minimum atomic E-state index is -3.59. The summed E-state index contributed by atoms with van der Waals surface area (Å²) in [5.74, 6) is -0.0284. The molecular formula is C18H22N2O4S2. The Bertz CT molecular complexity index is 869. The zero-order valence-electron chi connectivity index (χ0n) is 14.8. The van der Waals surface area contributed by atoms with Crippen molar-refractivity contribution in [1.82, 2.24) is 0 Å². The molecule has 2 heterocycles. The molecule has 0 radical (unpaired) electrons. The molecule has 3 rings (SSSR count). The Morgan fingerprint density at radius 2 is 1.81 bits per heavy atom. The number of carbonyl (C=O) groups is 1. The number of anilines is 2. The smallest absolute Gasteiger partial charge is 0.271 e. The lowest BCUT2D eigenvalue weighted by molar-refractivity contribution is -0.117. The van der Waals surface area contributed by atoms with Crippen LogP contribution in [0.5, 0.6) is 0 Å². The normalized spacial score (nSPS) is 15.6. The van der Waals surface area contributed by atoms with Gasteiger partial charge in [-0.1, -0.05) is 0 Å². The van der Waals surface area contributed by atoms with E-state index >= 15 is 0 Å². The molecule has 0 saturated carbocycles. The number of sulfonamides is 1. The van der Waals surface area contributed by atoms with E-state index in [0.29, 0.717) is 18.9 Å². The first-order valence-corrected chi connectivity index (χ1v) is 10.7. The van der Waals surface area contributed by atoms with Gasteiger partial charge in [0.15, 0.2) is 0 Å². The molecule has 26 heavy (non-hydrogen) atoms. The summed E-state index contributed by atoms with van der Waals surface area (Å²) < 4.78 is 33.1. The Morgan fingerprint density at radius 1 is 1.15 bits per heavy atom. The van der Waals surface area contributed by atoms with Crippen LogP contribution in [0.25, 0.3) is 0 Å². The molecule has 1 aliphatic heterocycles. The first-order valence-electron chi connectivity index (χ1n) is 8.44. The van der Waals surface area contributed by atoms with Gasteiger partial charge in [-0.3, -0.25) is 9.52 Å². The number of benzene rings is 1. The molecule has 1 aromatic carbocycles. The molecule has 1 aliphatic rings. The van der Waals surface area contributed by atoms with Crippen LogP contribution in [0.2, 0.25) is 0 Å². The summed E-state index contributed by atoms with van der Waals surface area (Å²) >= 11 is 1.23. The molecular weight excluding hydrogens is 372 g/mol. The van der Waals surface area contributed by atoms with Crippen molar-refractivity contribution < 1.29 is 17.9 Å². The number of carbonyl (C=O) groups excluding carboxylic acids is 1. The summed E-state index contributed by atoms with van der Waals surface area (Å²) in [5.41, 5.74) is 1.23. The predicted molar refractivity (Wildman–Crippen MR) is 103 cm³/mol. The van der Waals surface area contributed by atoms with E-state index in [4.69, 9.17) is 4.74 Å². The van der Waals surface area contributed by atoms with Crippen molar-refractivity contribution in [3.63, 3.8) is 0 Å². The van der Waals surface area contributed by atoms with Crippen LogP contribution in [0, 0.1) is 6.92 Å². The van der Waals surface area contributed by atoms with Gasteiger partial charge in [-0.15, -0.1) is 11.3 Å². The third kappa shape index (κ3) is 4.25. The van der Waals surface area contributed by atoms with Crippen molar-refractivity contribution in [2.24, 2.45) is 0 Å². The summed E-state index contributed by atoms with van der Waals surface area (Å²) in [6, 6.07) is 10.4. The number of ether oxygens (including phenoxy) is 1. The summed E-state index contributed by atoms with van der Waals surface area (Å²) in [6.07, 6.45) is 1.59. The zero-order valence-corrected chi connectivity index (χ0v) is 16.4. The molecule has 0 bridgehead atoms. The molecule has 0 spiro atoms. The fourth-order valence-electron chi connectivity index (χ4n) is 3.05. The van der Waals surface area contributed by atoms with E-state index in [-0.39, 0.29) is 16.2 Å². The van der Waals surface area contributed by atoms with Gasteiger partial charge in [0, 0.05) is 42.4 Å². The van der Waals surface area contributed by atoms with E-state index in [1.807, 2.05) is 6.92 Å². The molecule has 2 aromatic rings. The lowest BCUT2D eigenvalue weighted by Gasteiger charge is -2.33. The van der Waals surface area contributed by atoms with Crippen LogP contribution in [-0.2, 0) is 19.6 Å². The molecule has 140 valence electrons. The van der Waals surface area contributed by atoms with Crippen LogP contribution in [0.3, 0.4) is 0 Å². The van der Waals surface area contributed by atoms with Gasteiger partial charge in [0.2, 0.25) is 5.91 Å². The fourth-order valence-corrected chi connectivity index (χ4v) is 5.39. The average Bonchev–Trinajstić information content (AvgIpc) is 3.05. The van der Waals surface area contributed by atoms with Gasteiger partial charge >= 0.3 is 0 Å². The zero-order chi connectivity index (χ0) is 18.7. The fraction of sp³-hybridized carbons (Fsp3) is 0.389. The Morgan fingerprint density at radius 3 is 2.35 bits per heavy atom. The maximum atomic E-state index is 12.4. The number of aryl methyl sites for hydroxylation is 1. The minimum absolute atomic E-state index is 0.0284. The molecule has 0 atom stereocenters. The van der Waals surface area contributed by atoms with E-state index < -0.39 is 10.0 Å². The number of hydrogen-bond acceptors (Lipinski definition) is 5. The highest BCUT2D eigenvalue weighted by molar-refractivity contribution is 7.94. The van der Waals surface area contributed by atoms with E-state index in [9.17, 15) is 13.2 Å². The van der Waals surface area contributed by atoms with Crippen molar-refractivity contribution in [3.05, 3.63) is 41.3 Å². The highest BCUT2D eigenvalue weighted by Crippen LogP contribution is 2.27. The van der Waals surface area contributed by atoms with Gasteiger partial charge in [-0.05, 0) is 56.2 Å². The Balaban J connectivity index is 1.77. The SMILES string of the molecule is CC(=O)N(c1ccc(NS(=O)(=O)c2ccc(C)s2)cc1)C1CCOCC1. The Kier molecular flexibility index (Phi) is 5.64. The average molecular weight is 395 g/mol. The number of nitrogens with zero attached hydrogens (tertiary/aromatic N) is 1. The predicted octanol–water partition coefficient (Wildman–Crippen LogP) is 3.39. The van der Waals surface area contributed by atoms with E-state index in [2.05, 4.69) is 4.72 Å². The van der Waals surface area contributed by atoms with Crippen molar-refractivity contribution in [3.8, 4) is 0 Å². The minimum Gasteiger partial charge on any atom is -0.381 e. The molecule has 1 fully saturated rings. The molecule has 1 N–H and O–H groups in total. The van der Waals surface area contributed by atoms with E-state index in [0.717, 1.165) is 23.4 Å². The maximum absolute atomic E-state index is 12.4. The number of rotatable bonds is 5. The van der Waals surface area contributed by atoms with Crippen LogP contribution in [0.15, 0.2) is 40.6 Å². The largest absolute Gasteiger partial charge is 0.381 e. The van der Waals surface area contributed by atoms with Crippen LogP contribution >= 0.6 is 11.3 Å². The quantitative estimate of drug-likeness (QED) is 0.843. The molecule has 1 saturated heterocycles.